The summed E-state index contributed by atoms with van der Waals surface area (Å²) in [6, 6.07) is 13.0. The fraction of sp³-hybridized carbons (Fsp3) is 0.250. The number of amides is 1. The number of aryl methyl sites for hydroxylation is 1. The molecular weight excluding hydrogens is 252 g/mol. The molecule has 4 nitrogen and oxygen atoms in total. The lowest BCUT2D eigenvalue weighted by Crippen LogP contribution is -2.32. The number of aromatic nitrogens is 1. The van der Waals surface area contributed by atoms with Gasteiger partial charge in [0.05, 0.1) is 0 Å². The van der Waals surface area contributed by atoms with E-state index in [0.29, 0.717) is 18.0 Å². The van der Waals surface area contributed by atoms with Crippen LogP contribution in [0.25, 0.3) is 0 Å². The summed E-state index contributed by atoms with van der Waals surface area (Å²) in [6.07, 6.45) is 1.78. The average Bonchev–Trinajstić information content (AvgIpc) is 2.48. The number of nitrogens with one attached hydrogen (secondary N) is 1. The van der Waals surface area contributed by atoms with Crippen LogP contribution >= 0.6 is 0 Å². The van der Waals surface area contributed by atoms with E-state index in [1.54, 1.807) is 12.3 Å². The number of anilines is 1. The summed E-state index contributed by atoms with van der Waals surface area (Å²) in [7, 11) is 0. The molecule has 0 fully saturated rings. The minimum atomic E-state index is -0.527. The van der Waals surface area contributed by atoms with E-state index in [9.17, 15) is 4.79 Å². The average molecular weight is 270 g/mol. The fourth-order valence-corrected chi connectivity index (χ4v) is 1.73. The Bertz CT molecular complexity index is 552. The zero-order chi connectivity index (χ0) is 14.4. The van der Waals surface area contributed by atoms with Crippen molar-refractivity contribution in [2.45, 2.75) is 26.4 Å². The summed E-state index contributed by atoms with van der Waals surface area (Å²) in [4.78, 5) is 16.3. The highest BCUT2D eigenvalue weighted by molar-refractivity contribution is 5.93. The molecule has 0 spiro atoms. The van der Waals surface area contributed by atoms with Crippen LogP contribution < -0.4 is 10.1 Å². The fourth-order valence-electron chi connectivity index (χ4n) is 1.73. The van der Waals surface area contributed by atoms with Gasteiger partial charge in [0.1, 0.15) is 11.6 Å². The number of carbonyl (C=O) groups excluding carboxylic acids is 1. The number of benzene rings is 1. The number of nitrogens with zero attached hydrogens (tertiary/aromatic N) is 1. The van der Waals surface area contributed by atoms with Gasteiger partial charge in [0.2, 0.25) is 0 Å². The maximum atomic E-state index is 12.2. The van der Waals surface area contributed by atoms with E-state index in [-0.39, 0.29) is 5.91 Å². The SMILES string of the molecule is CC[C@H](Oc1ccccc1)C(=O)Nc1ccc(C)cn1. The molecule has 0 aliphatic heterocycles. The second kappa shape index (κ2) is 6.70. The molecule has 0 aliphatic rings. The minimum Gasteiger partial charge on any atom is -0.481 e. The molecular formula is C16H18N2O2. The molecule has 1 atom stereocenters. The van der Waals surface area contributed by atoms with Gasteiger partial charge in [-0.1, -0.05) is 31.2 Å². The number of rotatable bonds is 5. The van der Waals surface area contributed by atoms with E-state index in [0.717, 1.165) is 5.56 Å². The topological polar surface area (TPSA) is 51.2 Å². The van der Waals surface area contributed by atoms with E-state index >= 15 is 0 Å². The van der Waals surface area contributed by atoms with Crippen molar-refractivity contribution in [3.63, 3.8) is 0 Å². The number of pyridine rings is 1. The van der Waals surface area contributed by atoms with E-state index in [1.807, 2.05) is 50.2 Å². The van der Waals surface area contributed by atoms with E-state index in [1.165, 1.54) is 0 Å². The van der Waals surface area contributed by atoms with Crippen molar-refractivity contribution < 1.29 is 9.53 Å². The molecule has 0 unspecified atom stereocenters. The summed E-state index contributed by atoms with van der Waals surface area (Å²) in [5.74, 6) is 1.04. The van der Waals surface area contributed by atoms with Crippen molar-refractivity contribution in [3.8, 4) is 5.75 Å². The van der Waals surface area contributed by atoms with E-state index < -0.39 is 6.10 Å². The van der Waals surface area contributed by atoms with Crippen molar-refractivity contribution in [2.24, 2.45) is 0 Å². The van der Waals surface area contributed by atoms with Gasteiger partial charge in [-0.25, -0.2) is 4.98 Å². The van der Waals surface area contributed by atoms with Crippen molar-refractivity contribution in [2.75, 3.05) is 5.32 Å². The Balaban J connectivity index is 2.00. The molecule has 1 aromatic carbocycles. The molecule has 1 amide bonds. The Labute approximate surface area is 118 Å². The van der Waals surface area contributed by atoms with Crippen LogP contribution in [0.3, 0.4) is 0 Å². The first kappa shape index (κ1) is 14.1. The van der Waals surface area contributed by atoms with E-state index in [4.69, 9.17) is 4.74 Å². The molecule has 0 radical (unpaired) electrons. The number of para-hydroxylation sites is 1. The predicted octanol–water partition coefficient (Wildman–Crippen LogP) is 3.19. The molecule has 104 valence electrons. The molecule has 0 aliphatic carbocycles. The molecule has 2 rings (SSSR count). The lowest BCUT2D eigenvalue weighted by Gasteiger charge is -2.16. The van der Waals surface area contributed by atoms with Gasteiger partial charge in [0, 0.05) is 6.20 Å². The quantitative estimate of drug-likeness (QED) is 0.907. The van der Waals surface area contributed by atoms with Gasteiger partial charge in [0.25, 0.3) is 5.91 Å². The highest BCUT2D eigenvalue weighted by Gasteiger charge is 2.18. The maximum Gasteiger partial charge on any atom is 0.266 e. The molecule has 0 saturated heterocycles. The van der Waals surface area contributed by atoms with Crippen LogP contribution in [0.1, 0.15) is 18.9 Å². The Morgan fingerprint density at radius 1 is 1.25 bits per heavy atom. The Kier molecular flexibility index (Phi) is 4.71. The Hall–Kier alpha value is -2.36. The summed E-state index contributed by atoms with van der Waals surface area (Å²) < 4.78 is 5.68. The van der Waals surface area contributed by atoms with Gasteiger partial charge in [0.15, 0.2) is 6.10 Å². The molecule has 20 heavy (non-hydrogen) atoms. The van der Waals surface area contributed by atoms with Crippen molar-refractivity contribution >= 4 is 11.7 Å². The number of hydrogen-bond donors (Lipinski definition) is 1. The Morgan fingerprint density at radius 3 is 2.60 bits per heavy atom. The third kappa shape index (κ3) is 3.82. The monoisotopic (exact) mass is 270 g/mol. The van der Waals surface area contributed by atoms with Crippen LogP contribution in [-0.2, 0) is 4.79 Å². The van der Waals surface area contributed by atoms with Crippen LogP contribution in [0.5, 0.6) is 5.75 Å². The normalized spacial score (nSPS) is 11.7. The smallest absolute Gasteiger partial charge is 0.266 e. The minimum absolute atomic E-state index is 0.187. The standard InChI is InChI=1S/C16H18N2O2/c1-3-14(20-13-7-5-4-6-8-13)16(19)18-15-10-9-12(2)11-17-15/h4-11,14H,3H2,1-2H3,(H,17,18,19)/t14-/m0/s1. The van der Waals surface area contributed by atoms with Crippen molar-refractivity contribution in [3.05, 3.63) is 54.2 Å². The zero-order valence-corrected chi connectivity index (χ0v) is 11.7. The summed E-state index contributed by atoms with van der Waals surface area (Å²) in [6.45, 7) is 3.86. The van der Waals surface area contributed by atoms with Gasteiger partial charge in [-0.05, 0) is 37.1 Å². The molecule has 1 aromatic heterocycles. The third-order valence-corrected chi connectivity index (χ3v) is 2.85. The summed E-state index contributed by atoms with van der Waals surface area (Å²) >= 11 is 0. The van der Waals surface area contributed by atoms with Crippen LogP contribution in [-0.4, -0.2) is 17.0 Å². The molecule has 0 bridgehead atoms. The molecule has 1 N–H and O–H groups in total. The van der Waals surface area contributed by atoms with Crippen LogP contribution in [0.2, 0.25) is 0 Å². The first-order valence-electron chi connectivity index (χ1n) is 6.64. The van der Waals surface area contributed by atoms with Crippen LogP contribution in [0.4, 0.5) is 5.82 Å². The maximum absolute atomic E-state index is 12.2. The number of carbonyl (C=O) groups is 1. The van der Waals surface area contributed by atoms with Gasteiger partial charge >= 0.3 is 0 Å². The van der Waals surface area contributed by atoms with Crippen LogP contribution in [0.15, 0.2) is 48.7 Å². The second-order valence-corrected chi connectivity index (χ2v) is 4.54. The number of hydrogen-bond acceptors (Lipinski definition) is 3. The lowest BCUT2D eigenvalue weighted by molar-refractivity contribution is -0.122. The second-order valence-electron chi connectivity index (χ2n) is 4.54. The molecule has 0 saturated carbocycles. The summed E-state index contributed by atoms with van der Waals surface area (Å²) in [5, 5.41) is 2.77. The highest BCUT2D eigenvalue weighted by Crippen LogP contribution is 2.14. The highest BCUT2D eigenvalue weighted by atomic mass is 16.5. The zero-order valence-electron chi connectivity index (χ0n) is 11.7. The third-order valence-electron chi connectivity index (χ3n) is 2.85. The largest absolute Gasteiger partial charge is 0.481 e. The van der Waals surface area contributed by atoms with Gasteiger partial charge in [-0.2, -0.15) is 0 Å². The Morgan fingerprint density at radius 2 is 2.00 bits per heavy atom. The van der Waals surface area contributed by atoms with Crippen molar-refractivity contribution in [1.29, 1.82) is 0 Å². The predicted molar refractivity (Wildman–Crippen MR) is 78.8 cm³/mol. The van der Waals surface area contributed by atoms with Gasteiger partial charge in [-0.3, -0.25) is 4.79 Å². The number of ether oxygens (including phenoxy) is 1. The molecule has 2 aromatic rings. The van der Waals surface area contributed by atoms with Crippen molar-refractivity contribution in [1.82, 2.24) is 4.98 Å². The first-order valence-corrected chi connectivity index (χ1v) is 6.64. The van der Waals surface area contributed by atoms with Crippen LogP contribution in [0, 0.1) is 6.92 Å². The molecule has 1 heterocycles. The lowest BCUT2D eigenvalue weighted by atomic mass is 10.2. The molecule has 4 heteroatoms. The van der Waals surface area contributed by atoms with Gasteiger partial charge < -0.3 is 10.1 Å². The first-order chi connectivity index (χ1) is 9.69. The van der Waals surface area contributed by atoms with Gasteiger partial charge in [-0.15, -0.1) is 0 Å². The van der Waals surface area contributed by atoms with E-state index in [2.05, 4.69) is 10.3 Å². The summed E-state index contributed by atoms with van der Waals surface area (Å²) in [5.41, 5.74) is 1.05.